The molecule has 0 N–H and O–H groups in total. The van der Waals surface area contributed by atoms with Gasteiger partial charge in [0.05, 0.1) is 0 Å². The summed E-state index contributed by atoms with van der Waals surface area (Å²) in [7, 11) is 0. The molecule has 0 saturated carbocycles. The van der Waals surface area contributed by atoms with Crippen molar-refractivity contribution in [3.05, 3.63) is 0 Å². The summed E-state index contributed by atoms with van der Waals surface area (Å²) in [5, 5.41) is 0. The van der Waals surface area contributed by atoms with Crippen LogP contribution in [-0.2, 0) is 0 Å². The minimum absolute atomic E-state index is 0.785. The first kappa shape index (κ1) is 14.8. The van der Waals surface area contributed by atoms with E-state index >= 15 is 0 Å². The molecule has 84 valence electrons. The normalized spacial score (nSPS) is 12.0. The Kier molecular flexibility index (Phi) is 9.57. The van der Waals surface area contributed by atoms with E-state index in [9.17, 15) is 0 Å². The zero-order chi connectivity index (χ0) is 10.9. The van der Waals surface area contributed by atoms with Gasteiger partial charge in [0.25, 0.3) is 0 Å². The topological polar surface area (TPSA) is 0 Å². The van der Waals surface area contributed by atoms with Gasteiger partial charge in [-0.3, -0.25) is 0 Å². The standard InChI is InChI=1S/C13H27.Sn.H/c1-4-7-10-13(11-8-5-2)12-9-6-3;;/h4-12H2,1-3H3;;. The summed E-state index contributed by atoms with van der Waals surface area (Å²) in [4.78, 5) is 0. The van der Waals surface area contributed by atoms with Crippen LogP contribution in [0.15, 0.2) is 0 Å². The Balaban J connectivity index is 3.89. The van der Waals surface area contributed by atoms with E-state index < -0.39 is 0 Å². The van der Waals surface area contributed by atoms with E-state index in [1.165, 1.54) is 80.3 Å². The van der Waals surface area contributed by atoms with Crippen LogP contribution in [0, 0.1) is 0 Å². The molecule has 0 heterocycles. The van der Waals surface area contributed by atoms with Crippen molar-refractivity contribution in [3.8, 4) is 0 Å². The van der Waals surface area contributed by atoms with Gasteiger partial charge in [0, 0.05) is 0 Å². The summed E-state index contributed by atoms with van der Waals surface area (Å²) in [5.74, 6) is 0. The van der Waals surface area contributed by atoms with Gasteiger partial charge >= 0.3 is 105 Å². The quantitative estimate of drug-likeness (QED) is 0.545. The van der Waals surface area contributed by atoms with Crippen molar-refractivity contribution < 1.29 is 0 Å². The third-order valence-corrected chi connectivity index (χ3v) is 5.56. The fraction of sp³-hybridized carbons (Fsp3) is 1.00. The van der Waals surface area contributed by atoms with Gasteiger partial charge in [0.15, 0.2) is 0 Å². The van der Waals surface area contributed by atoms with Crippen LogP contribution in [0.25, 0.3) is 0 Å². The summed E-state index contributed by atoms with van der Waals surface area (Å²) in [5.41, 5.74) is 0. The SMILES string of the molecule is CCCC[C]([SnH])(CCCC)CCCC. The van der Waals surface area contributed by atoms with Crippen LogP contribution in [0.2, 0.25) is 3.43 Å². The van der Waals surface area contributed by atoms with Crippen molar-refractivity contribution >= 4 is 22.5 Å². The van der Waals surface area contributed by atoms with Crippen LogP contribution in [0.4, 0.5) is 0 Å². The molecule has 0 aliphatic carbocycles. The van der Waals surface area contributed by atoms with Crippen molar-refractivity contribution in [2.24, 2.45) is 0 Å². The van der Waals surface area contributed by atoms with Crippen LogP contribution >= 0.6 is 0 Å². The van der Waals surface area contributed by atoms with E-state index in [0.717, 1.165) is 3.43 Å². The molecule has 0 aliphatic heterocycles. The number of unbranched alkanes of at least 4 members (excludes halogenated alkanes) is 3. The Hall–Kier alpha value is 0.799. The molecular formula is C13H28Sn. The number of hydrogen-bond acceptors (Lipinski definition) is 0. The van der Waals surface area contributed by atoms with Gasteiger partial charge in [-0.05, 0) is 0 Å². The molecular weight excluding hydrogens is 275 g/mol. The summed E-state index contributed by atoms with van der Waals surface area (Å²) in [6, 6.07) is 0. The molecule has 0 bridgehead atoms. The molecule has 0 rings (SSSR count). The molecule has 2 radical (unpaired) electrons. The molecule has 0 spiro atoms. The van der Waals surface area contributed by atoms with Crippen molar-refractivity contribution in [3.63, 3.8) is 0 Å². The fourth-order valence-corrected chi connectivity index (χ4v) is 3.71. The Morgan fingerprint density at radius 2 is 1.00 bits per heavy atom. The predicted octanol–water partition coefficient (Wildman–Crippen LogP) is 4.62. The van der Waals surface area contributed by atoms with E-state index in [2.05, 4.69) is 20.8 Å². The number of hydrogen-bond donors (Lipinski definition) is 0. The molecule has 0 atom stereocenters. The van der Waals surface area contributed by atoms with Gasteiger partial charge in [-0.15, -0.1) is 0 Å². The van der Waals surface area contributed by atoms with E-state index in [0.29, 0.717) is 0 Å². The summed E-state index contributed by atoms with van der Waals surface area (Å²) < 4.78 is 0.785. The van der Waals surface area contributed by atoms with Crippen molar-refractivity contribution in [2.75, 3.05) is 0 Å². The second-order valence-electron chi connectivity index (χ2n) is 4.67. The molecule has 0 fully saturated rings. The third kappa shape index (κ3) is 7.14. The Bertz CT molecular complexity index is 98.6. The molecule has 0 amide bonds. The first-order chi connectivity index (χ1) is 6.68. The van der Waals surface area contributed by atoms with E-state index in [-0.39, 0.29) is 0 Å². The van der Waals surface area contributed by atoms with Crippen LogP contribution < -0.4 is 0 Å². The molecule has 0 nitrogen and oxygen atoms in total. The monoisotopic (exact) mass is 304 g/mol. The van der Waals surface area contributed by atoms with Gasteiger partial charge in [-0.2, -0.15) is 0 Å². The Labute approximate surface area is 104 Å². The molecule has 1 heteroatoms. The van der Waals surface area contributed by atoms with Gasteiger partial charge in [-0.1, -0.05) is 0 Å². The zero-order valence-electron chi connectivity index (χ0n) is 10.4. The van der Waals surface area contributed by atoms with Crippen molar-refractivity contribution in [2.45, 2.75) is 82.0 Å². The summed E-state index contributed by atoms with van der Waals surface area (Å²) in [6.45, 7) is 6.96. The van der Waals surface area contributed by atoms with Gasteiger partial charge in [-0.25, -0.2) is 0 Å². The van der Waals surface area contributed by atoms with Gasteiger partial charge in [0.2, 0.25) is 0 Å². The van der Waals surface area contributed by atoms with Crippen LogP contribution in [0.3, 0.4) is 0 Å². The summed E-state index contributed by atoms with van der Waals surface area (Å²) >= 11 is 1.48. The average Bonchev–Trinajstić information content (AvgIpc) is 2.21. The molecule has 0 aliphatic rings. The van der Waals surface area contributed by atoms with E-state index in [4.69, 9.17) is 0 Å². The molecule has 0 saturated heterocycles. The Morgan fingerprint density at radius 1 is 0.714 bits per heavy atom. The van der Waals surface area contributed by atoms with Crippen LogP contribution in [0.5, 0.6) is 0 Å². The molecule has 0 unspecified atom stereocenters. The predicted molar refractivity (Wildman–Crippen MR) is 68.4 cm³/mol. The van der Waals surface area contributed by atoms with Crippen LogP contribution in [0.1, 0.15) is 78.6 Å². The second-order valence-corrected chi connectivity index (χ2v) is 8.17. The summed E-state index contributed by atoms with van der Waals surface area (Å²) in [6.07, 6.45) is 13.0. The molecule has 0 aromatic heterocycles. The average molecular weight is 303 g/mol. The second kappa shape index (κ2) is 9.06. The third-order valence-electron chi connectivity index (χ3n) is 3.08. The fourth-order valence-electron chi connectivity index (χ4n) is 1.96. The minimum atomic E-state index is 0.785. The maximum absolute atomic E-state index is 2.32. The molecule has 14 heavy (non-hydrogen) atoms. The molecule has 0 aromatic carbocycles. The molecule has 0 aromatic rings. The Morgan fingerprint density at radius 3 is 1.21 bits per heavy atom. The van der Waals surface area contributed by atoms with Gasteiger partial charge < -0.3 is 0 Å². The number of rotatable bonds is 9. The first-order valence-electron chi connectivity index (χ1n) is 6.47. The maximum atomic E-state index is 2.32. The zero-order valence-corrected chi connectivity index (χ0v) is 13.7. The van der Waals surface area contributed by atoms with Gasteiger partial charge in [0.1, 0.15) is 0 Å². The van der Waals surface area contributed by atoms with E-state index in [1.807, 2.05) is 0 Å². The first-order valence-corrected chi connectivity index (χ1v) is 8.12. The van der Waals surface area contributed by atoms with Crippen molar-refractivity contribution in [1.29, 1.82) is 0 Å². The van der Waals surface area contributed by atoms with E-state index in [1.54, 1.807) is 0 Å². The van der Waals surface area contributed by atoms with Crippen LogP contribution in [-0.4, -0.2) is 22.5 Å². The van der Waals surface area contributed by atoms with Crippen molar-refractivity contribution in [1.82, 2.24) is 0 Å².